The quantitative estimate of drug-likeness (QED) is 0.795. The number of benzene rings is 2. The topological polar surface area (TPSA) is 35.5 Å². The van der Waals surface area contributed by atoms with E-state index in [-0.39, 0.29) is 5.97 Å². The Morgan fingerprint density at radius 2 is 1.75 bits per heavy atom. The molecule has 0 amide bonds. The van der Waals surface area contributed by atoms with E-state index in [0.29, 0.717) is 12.2 Å². The Labute approximate surface area is 119 Å². The van der Waals surface area contributed by atoms with E-state index in [2.05, 4.69) is 0 Å². The summed E-state index contributed by atoms with van der Waals surface area (Å²) in [6.45, 7) is 4.32. The highest BCUT2D eigenvalue weighted by Gasteiger charge is 2.15. The second-order valence-electron chi connectivity index (χ2n) is 4.65. The lowest BCUT2D eigenvalue weighted by Crippen LogP contribution is -2.07. The third-order valence-electron chi connectivity index (χ3n) is 3.23. The molecule has 0 spiro atoms. The van der Waals surface area contributed by atoms with Crippen molar-refractivity contribution < 1.29 is 14.3 Å². The van der Waals surface area contributed by atoms with Gasteiger partial charge in [-0.2, -0.15) is 0 Å². The predicted molar refractivity (Wildman–Crippen MR) is 78.0 cm³/mol. The molecule has 0 unspecified atom stereocenters. The van der Waals surface area contributed by atoms with Crippen LogP contribution in [0.2, 0.25) is 0 Å². The largest absolute Gasteiger partial charge is 0.488 e. The Bertz CT molecular complexity index is 603. The van der Waals surface area contributed by atoms with Crippen LogP contribution in [0.3, 0.4) is 0 Å². The number of hydrogen-bond donors (Lipinski definition) is 0. The highest BCUT2D eigenvalue weighted by molar-refractivity contribution is 5.91. The monoisotopic (exact) mass is 270 g/mol. The van der Waals surface area contributed by atoms with Crippen LogP contribution in [0.1, 0.15) is 27.0 Å². The zero-order valence-electron chi connectivity index (χ0n) is 12.0. The van der Waals surface area contributed by atoms with Crippen LogP contribution in [0, 0.1) is 13.8 Å². The van der Waals surface area contributed by atoms with Gasteiger partial charge in [0.05, 0.1) is 12.7 Å². The maximum absolute atomic E-state index is 11.7. The lowest BCUT2D eigenvalue weighted by Gasteiger charge is -2.14. The molecular formula is C17H18O3. The summed E-state index contributed by atoms with van der Waals surface area (Å²) in [5, 5.41) is 0. The van der Waals surface area contributed by atoms with E-state index < -0.39 is 0 Å². The average Bonchev–Trinajstić information content (AvgIpc) is 2.47. The number of esters is 1. The maximum Gasteiger partial charge on any atom is 0.338 e. The van der Waals surface area contributed by atoms with Gasteiger partial charge in [0.2, 0.25) is 0 Å². The number of carbonyl (C=O) groups is 1. The van der Waals surface area contributed by atoms with Crippen molar-refractivity contribution in [3.8, 4) is 5.75 Å². The van der Waals surface area contributed by atoms with E-state index in [1.165, 1.54) is 7.11 Å². The molecule has 2 aromatic carbocycles. The van der Waals surface area contributed by atoms with Crippen LogP contribution < -0.4 is 4.74 Å². The van der Waals surface area contributed by atoms with E-state index in [0.717, 1.165) is 22.4 Å². The van der Waals surface area contributed by atoms with Crippen molar-refractivity contribution in [1.29, 1.82) is 0 Å². The maximum atomic E-state index is 11.7. The first-order valence-corrected chi connectivity index (χ1v) is 6.48. The van der Waals surface area contributed by atoms with E-state index in [1.807, 2.05) is 50.2 Å². The highest BCUT2D eigenvalue weighted by Crippen LogP contribution is 2.27. The molecule has 3 nitrogen and oxygen atoms in total. The number of rotatable bonds is 4. The van der Waals surface area contributed by atoms with Gasteiger partial charge in [-0.15, -0.1) is 0 Å². The first-order chi connectivity index (χ1) is 9.63. The van der Waals surface area contributed by atoms with Crippen molar-refractivity contribution in [2.24, 2.45) is 0 Å². The molecule has 0 aromatic heterocycles. The Balaban J connectivity index is 2.25. The van der Waals surface area contributed by atoms with Crippen LogP contribution in [0.25, 0.3) is 0 Å². The smallest absolute Gasteiger partial charge is 0.338 e. The van der Waals surface area contributed by atoms with Gasteiger partial charge in [0.25, 0.3) is 0 Å². The minimum absolute atomic E-state index is 0.341. The minimum atomic E-state index is -0.341. The van der Waals surface area contributed by atoms with Gasteiger partial charge in [0.1, 0.15) is 12.4 Å². The Hall–Kier alpha value is -2.29. The number of hydrogen-bond acceptors (Lipinski definition) is 3. The van der Waals surface area contributed by atoms with Crippen LogP contribution in [0.5, 0.6) is 5.75 Å². The minimum Gasteiger partial charge on any atom is -0.488 e. The molecule has 0 heterocycles. The molecule has 2 rings (SSSR count). The number of aryl methyl sites for hydroxylation is 1. The van der Waals surface area contributed by atoms with Gasteiger partial charge >= 0.3 is 5.97 Å². The summed E-state index contributed by atoms with van der Waals surface area (Å²) in [7, 11) is 1.38. The lowest BCUT2D eigenvalue weighted by atomic mass is 10.0. The van der Waals surface area contributed by atoms with Crippen molar-refractivity contribution in [3.05, 3.63) is 64.7 Å². The Morgan fingerprint density at radius 1 is 1.05 bits per heavy atom. The highest BCUT2D eigenvalue weighted by atomic mass is 16.5. The molecule has 0 saturated carbocycles. The molecule has 0 bridgehead atoms. The molecule has 0 radical (unpaired) electrons. The average molecular weight is 270 g/mol. The van der Waals surface area contributed by atoms with Crippen molar-refractivity contribution in [3.63, 3.8) is 0 Å². The Morgan fingerprint density at radius 3 is 2.40 bits per heavy atom. The fraction of sp³-hybridized carbons (Fsp3) is 0.235. The number of methoxy groups -OCH3 is 1. The number of carbonyl (C=O) groups excluding carboxylic acids is 1. The summed E-state index contributed by atoms with van der Waals surface area (Å²) in [4.78, 5) is 11.7. The van der Waals surface area contributed by atoms with E-state index in [9.17, 15) is 4.79 Å². The number of ether oxygens (including phenoxy) is 2. The molecule has 3 heteroatoms. The van der Waals surface area contributed by atoms with E-state index in [4.69, 9.17) is 9.47 Å². The van der Waals surface area contributed by atoms with Crippen LogP contribution in [-0.4, -0.2) is 13.1 Å². The molecule has 0 aliphatic heterocycles. The molecule has 0 atom stereocenters. The third kappa shape index (κ3) is 2.99. The van der Waals surface area contributed by atoms with Crippen LogP contribution in [0.4, 0.5) is 0 Å². The SMILES string of the molecule is COC(=O)c1ccc(C)c(OCc2ccccc2)c1C. The molecule has 104 valence electrons. The first-order valence-electron chi connectivity index (χ1n) is 6.48. The van der Waals surface area contributed by atoms with E-state index >= 15 is 0 Å². The normalized spacial score (nSPS) is 10.2. The van der Waals surface area contributed by atoms with Crippen molar-refractivity contribution in [1.82, 2.24) is 0 Å². The van der Waals surface area contributed by atoms with Gasteiger partial charge < -0.3 is 9.47 Å². The van der Waals surface area contributed by atoms with Crippen LogP contribution in [-0.2, 0) is 11.3 Å². The zero-order valence-corrected chi connectivity index (χ0v) is 12.0. The summed E-state index contributed by atoms with van der Waals surface area (Å²) < 4.78 is 10.7. The Kier molecular flexibility index (Phi) is 4.41. The lowest BCUT2D eigenvalue weighted by molar-refractivity contribution is 0.0599. The van der Waals surface area contributed by atoms with Crippen molar-refractivity contribution in [2.45, 2.75) is 20.5 Å². The van der Waals surface area contributed by atoms with Gasteiger partial charge in [-0.05, 0) is 31.0 Å². The first kappa shape index (κ1) is 14.1. The fourth-order valence-corrected chi connectivity index (χ4v) is 2.11. The molecule has 0 N–H and O–H groups in total. The van der Waals surface area contributed by atoms with Crippen molar-refractivity contribution >= 4 is 5.97 Å². The van der Waals surface area contributed by atoms with Gasteiger partial charge in [0.15, 0.2) is 0 Å². The summed E-state index contributed by atoms with van der Waals surface area (Å²) in [5.41, 5.74) is 3.45. The molecule has 20 heavy (non-hydrogen) atoms. The molecule has 2 aromatic rings. The second kappa shape index (κ2) is 6.24. The van der Waals surface area contributed by atoms with Gasteiger partial charge in [-0.25, -0.2) is 4.79 Å². The predicted octanol–water partition coefficient (Wildman–Crippen LogP) is 3.67. The molecule has 0 saturated heterocycles. The zero-order chi connectivity index (χ0) is 14.5. The standard InChI is InChI=1S/C17H18O3/c1-12-9-10-15(17(18)19-3)13(2)16(12)20-11-14-7-5-4-6-8-14/h4-10H,11H2,1-3H3. The molecule has 0 aliphatic carbocycles. The van der Waals surface area contributed by atoms with Crippen LogP contribution >= 0.6 is 0 Å². The molecular weight excluding hydrogens is 252 g/mol. The summed E-state index contributed by atoms with van der Waals surface area (Å²) in [6.07, 6.45) is 0. The van der Waals surface area contributed by atoms with Gasteiger partial charge in [0, 0.05) is 5.56 Å². The van der Waals surface area contributed by atoms with E-state index in [1.54, 1.807) is 6.07 Å². The van der Waals surface area contributed by atoms with Crippen LogP contribution in [0.15, 0.2) is 42.5 Å². The van der Waals surface area contributed by atoms with Gasteiger partial charge in [-0.1, -0.05) is 36.4 Å². The summed E-state index contributed by atoms with van der Waals surface area (Å²) >= 11 is 0. The molecule has 0 fully saturated rings. The fourth-order valence-electron chi connectivity index (χ4n) is 2.11. The summed E-state index contributed by atoms with van der Waals surface area (Å²) in [6, 6.07) is 13.6. The summed E-state index contributed by atoms with van der Waals surface area (Å²) in [5.74, 6) is 0.406. The van der Waals surface area contributed by atoms with Gasteiger partial charge in [-0.3, -0.25) is 0 Å². The third-order valence-corrected chi connectivity index (χ3v) is 3.23. The second-order valence-corrected chi connectivity index (χ2v) is 4.65. The van der Waals surface area contributed by atoms with Crippen molar-refractivity contribution in [2.75, 3.05) is 7.11 Å². The molecule has 0 aliphatic rings.